The molecule has 1 aliphatic heterocycles. The van der Waals surface area contributed by atoms with Crippen molar-refractivity contribution in [1.82, 2.24) is 0 Å². The van der Waals surface area contributed by atoms with E-state index in [1.54, 1.807) is 0 Å². The van der Waals surface area contributed by atoms with Crippen LogP contribution in [0.25, 0.3) is 0 Å². The first-order valence-corrected chi connectivity index (χ1v) is 3.44. The molecular weight excluding hydrogens is 218 g/mol. The van der Waals surface area contributed by atoms with E-state index >= 15 is 0 Å². The number of hydrogen-bond acceptors (Lipinski definition) is 2. The highest BCUT2D eigenvalue weighted by atomic mass is 19.4. The Bertz CT molecular complexity index is 185. The summed E-state index contributed by atoms with van der Waals surface area (Å²) in [4.78, 5) is 0. The minimum absolute atomic E-state index is 0.751. The van der Waals surface area contributed by atoms with Gasteiger partial charge < -0.3 is 9.47 Å². The van der Waals surface area contributed by atoms with Crippen LogP contribution in [0.1, 0.15) is 0 Å². The fourth-order valence-electron chi connectivity index (χ4n) is 0.930. The van der Waals surface area contributed by atoms with Crippen molar-refractivity contribution >= 4 is 0 Å². The zero-order valence-corrected chi connectivity index (χ0v) is 6.58. The van der Waals surface area contributed by atoms with Crippen LogP contribution < -0.4 is 0 Å². The lowest BCUT2D eigenvalue weighted by Crippen LogP contribution is -2.62. The van der Waals surface area contributed by atoms with Gasteiger partial charge in [-0.1, -0.05) is 0 Å². The predicted molar refractivity (Wildman–Crippen MR) is 31.0 cm³/mol. The molecule has 83 valence electrons. The molecule has 2 nitrogen and oxygen atoms in total. The van der Waals surface area contributed by atoms with E-state index in [0.29, 0.717) is 0 Å². The molecule has 0 amide bonds. The summed E-state index contributed by atoms with van der Waals surface area (Å²) < 4.78 is 80.0. The Hall–Kier alpha value is -0.500. The number of rotatable bonds is 0. The van der Waals surface area contributed by atoms with Crippen molar-refractivity contribution in [3.05, 3.63) is 6.42 Å². The summed E-state index contributed by atoms with van der Waals surface area (Å²) >= 11 is 0. The molecule has 1 radical (unpaired) electrons. The molecule has 1 heterocycles. The van der Waals surface area contributed by atoms with Gasteiger partial charge in [-0.3, -0.25) is 0 Å². The minimum Gasteiger partial charge on any atom is -0.335 e. The maximum Gasteiger partial charge on any atom is 0.453 e. The molecule has 0 aromatic heterocycles. The maximum atomic E-state index is 12.1. The van der Waals surface area contributed by atoms with E-state index in [1.165, 1.54) is 0 Å². The van der Waals surface area contributed by atoms with Gasteiger partial charge in [-0.25, -0.2) is 0 Å². The SMILES string of the molecule is FC(F)(F)C1(C(F)(F)F)OC[CH]CO1. The van der Waals surface area contributed by atoms with Gasteiger partial charge in [-0.05, 0) is 0 Å². The smallest absolute Gasteiger partial charge is 0.335 e. The first-order chi connectivity index (χ1) is 6.21. The van der Waals surface area contributed by atoms with Crippen LogP contribution in [0, 0.1) is 6.42 Å². The second-order valence-corrected chi connectivity index (χ2v) is 2.52. The standard InChI is InChI=1S/C6H5F6O2/c7-5(8,9)4(6(10,11)12)13-2-1-3-14-4/h1H,2-3H2. The molecule has 0 aromatic rings. The normalized spacial score (nSPS) is 23.6. The highest BCUT2D eigenvalue weighted by molar-refractivity contribution is 4.91. The number of alkyl halides is 6. The van der Waals surface area contributed by atoms with Crippen LogP contribution in [0.5, 0.6) is 0 Å². The predicted octanol–water partition coefficient (Wildman–Crippen LogP) is 2.06. The molecule has 0 atom stereocenters. The van der Waals surface area contributed by atoms with Crippen molar-refractivity contribution in [1.29, 1.82) is 0 Å². The first-order valence-electron chi connectivity index (χ1n) is 3.44. The highest BCUT2D eigenvalue weighted by Crippen LogP contribution is 2.47. The Kier molecular flexibility index (Phi) is 2.70. The molecule has 0 N–H and O–H groups in total. The number of ether oxygens (including phenoxy) is 2. The summed E-state index contributed by atoms with van der Waals surface area (Å²) in [7, 11) is 0. The van der Waals surface area contributed by atoms with Crippen molar-refractivity contribution < 1.29 is 35.8 Å². The lowest BCUT2D eigenvalue weighted by Gasteiger charge is -2.38. The van der Waals surface area contributed by atoms with Crippen LogP contribution in [-0.2, 0) is 9.47 Å². The average Bonchev–Trinajstić information content (AvgIpc) is 2.02. The second kappa shape index (κ2) is 3.27. The third-order valence-electron chi connectivity index (χ3n) is 1.56. The molecule has 0 spiro atoms. The van der Waals surface area contributed by atoms with Gasteiger partial charge in [-0.2, -0.15) is 26.3 Å². The van der Waals surface area contributed by atoms with Crippen LogP contribution in [0.3, 0.4) is 0 Å². The van der Waals surface area contributed by atoms with E-state index < -0.39 is 31.4 Å². The third kappa shape index (κ3) is 1.68. The minimum atomic E-state index is -5.64. The van der Waals surface area contributed by atoms with Crippen LogP contribution in [0.2, 0.25) is 0 Å². The van der Waals surface area contributed by atoms with Crippen molar-refractivity contribution in [3.8, 4) is 0 Å². The van der Waals surface area contributed by atoms with E-state index in [2.05, 4.69) is 9.47 Å². The summed E-state index contributed by atoms with van der Waals surface area (Å²) in [6, 6.07) is 0. The van der Waals surface area contributed by atoms with Gasteiger partial charge in [0.15, 0.2) is 0 Å². The molecule has 0 aromatic carbocycles. The fourth-order valence-corrected chi connectivity index (χ4v) is 0.930. The van der Waals surface area contributed by atoms with E-state index in [-0.39, 0.29) is 0 Å². The van der Waals surface area contributed by atoms with Crippen molar-refractivity contribution in [2.24, 2.45) is 0 Å². The topological polar surface area (TPSA) is 18.5 Å². The summed E-state index contributed by atoms with van der Waals surface area (Å²) in [6.07, 6.45) is -10.3. The molecule has 8 heteroatoms. The van der Waals surface area contributed by atoms with Crippen molar-refractivity contribution in [3.63, 3.8) is 0 Å². The largest absolute Gasteiger partial charge is 0.453 e. The van der Waals surface area contributed by atoms with Crippen molar-refractivity contribution in [2.45, 2.75) is 18.1 Å². The Morgan fingerprint density at radius 2 is 1.21 bits per heavy atom. The molecule has 14 heavy (non-hydrogen) atoms. The van der Waals surface area contributed by atoms with E-state index in [4.69, 9.17) is 0 Å². The van der Waals surface area contributed by atoms with Gasteiger partial charge in [0, 0.05) is 6.42 Å². The first kappa shape index (κ1) is 11.6. The molecule has 1 fully saturated rings. The quantitative estimate of drug-likeness (QED) is 0.585. The zero-order valence-electron chi connectivity index (χ0n) is 6.58. The Labute approximate surface area is 74.8 Å². The van der Waals surface area contributed by atoms with E-state index in [1.807, 2.05) is 0 Å². The molecule has 0 aliphatic carbocycles. The zero-order chi connectivity index (χ0) is 11.0. The monoisotopic (exact) mass is 223 g/mol. The number of halogens is 6. The average molecular weight is 223 g/mol. The Balaban J connectivity index is 3.01. The molecule has 1 saturated heterocycles. The lowest BCUT2D eigenvalue weighted by molar-refractivity contribution is -0.474. The van der Waals surface area contributed by atoms with E-state index in [0.717, 1.165) is 6.42 Å². The number of hydrogen-bond donors (Lipinski definition) is 0. The molecule has 0 saturated carbocycles. The van der Waals surface area contributed by atoms with Crippen LogP contribution in [0.4, 0.5) is 26.3 Å². The summed E-state index contributed by atoms with van der Waals surface area (Å²) in [5, 5.41) is 0. The van der Waals surface area contributed by atoms with Gasteiger partial charge in [0.2, 0.25) is 0 Å². The summed E-state index contributed by atoms with van der Waals surface area (Å²) in [5.41, 5.74) is 0. The van der Waals surface area contributed by atoms with Crippen LogP contribution in [0.15, 0.2) is 0 Å². The summed E-state index contributed by atoms with van der Waals surface area (Å²) in [6.45, 7) is -1.50. The van der Waals surface area contributed by atoms with Crippen LogP contribution >= 0.6 is 0 Å². The third-order valence-corrected chi connectivity index (χ3v) is 1.56. The van der Waals surface area contributed by atoms with Gasteiger partial charge in [-0.15, -0.1) is 0 Å². The van der Waals surface area contributed by atoms with Crippen molar-refractivity contribution in [2.75, 3.05) is 13.2 Å². The highest BCUT2D eigenvalue weighted by Gasteiger charge is 2.75. The Morgan fingerprint density at radius 1 is 0.857 bits per heavy atom. The molecule has 0 bridgehead atoms. The molecule has 1 aliphatic rings. The second-order valence-electron chi connectivity index (χ2n) is 2.52. The maximum absolute atomic E-state index is 12.1. The van der Waals surface area contributed by atoms with Gasteiger partial charge in [0.25, 0.3) is 0 Å². The van der Waals surface area contributed by atoms with E-state index in [9.17, 15) is 26.3 Å². The van der Waals surface area contributed by atoms with Gasteiger partial charge >= 0.3 is 18.1 Å². The van der Waals surface area contributed by atoms with Gasteiger partial charge in [0.1, 0.15) is 0 Å². The summed E-state index contributed by atoms with van der Waals surface area (Å²) in [5.74, 6) is -4.48. The molecule has 0 unspecified atom stereocenters. The van der Waals surface area contributed by atoms with Crippen LogP contribution in [-0.4, -0.2) is 31.4 Å². The molecule has 1 rings (SSSR count). The Morgan fingerprint density at radius 3 is 1.43 bits per heavy atom. The lowest BCUT2D eigenvalue weighted by atomic mass is 10.2. The van der Waals surface area contributed by atoms with Gasteiger partial charge in [0.05, 0.1) is 13.2 Å². The fraction of sp³-hybridized carbons (Fsp3) is 0.833. The molecular formula is C6H5F6O2.